The molecule has 14 heteroatoms. The van der Waals surface area contributed by atoms with Gasteiger partial charge in [-0.15, -0.1) is 0 Å². The lowest BCUT2D eigenvalue weighted by atomic mass is 9.97. The molecule has 0 aromatic carbocycles. The molecule has 12 atom stereocenters. The standard InChI is InChI=1S/C80H141NO13/c1-3-5-7-9-11-13-15-17-19-21-23-24-25-26-27-28-29-30-31-32-33-34-35-36-37-38-39-40-41-42-43-44-46-48-50-52-54-56-58-60-62-64-72(85)81-68(69(84)63-61-59-57-55-53-51-49-47-45-22-20-18-16-14-12-10-8-6-4-2)67-91-79-77(90)75(88)78(71(66-83)93-79)94-80-76(89)74(87)73(86)70(65-82)92-80/h5,7,11,13,17,19,23-24,26-27,29-30,53,55,61,63,68-71,73-80,82-84,86-90H,3-4,6,8-10,12,14-16,18,20-22,25,28,31-52,54,56-60,62,64-67H2,1-2H3,(H,81,85)/b7-5-,13-11-,19-17-,24-23-,27-26-,30-29-,55-53+,63-61+. The molecular formula is C80H141NO13. The third kappa shape index (κ3) is 46.2. The van der Waals surface area contributed by atoms with Crippen molar-refractivity contribution >= 4 is 5.91 Å². The van der Waals surface area contributed by atoms with E-state index in [9.17, 15) is 45.6 Å². The molecule has 2 heterocycles. The fraction of sp³-hybridized carbons (Fsp3) is 0.787. The predicted molar refractivity (Wildman–Crippen MR) is 387 cm³/mol. The molecule has 0 bridgehead atoms. The molecule has 2 aliphatic heterocycles. The molecule has 544 valence electrons. The third-order valence-corrected chi connectivity index (χ3v) is 18.3. The number of allylic oxidation sites excluding steroid dienone is 15. The molecule has 0 aromatic rings. The van der Waals surface area contributed by atoms with Crippen molar-refractivity contribution in [3.05, 3.63) is 97.2 Å². The molecule has 2 aliphatic rings. The zero-order valence-electron chi connectivity index (χ0n) is 59.4. The highest BCUT2D eigenvalue weighted by molar-refractivity contribution is 5.76. The van der Waals surface area contributed by atoms with Crippen LogP contribution in [0.1, 0.15) is 309 Å². The van der Waals surface area contributed by atoms with E-state index in [-0.39, 0.29) is 18.9 Å². The Kier molecular flexibility index (Phi) is 58.6. The van der Waals surface area contributed by atoms with Gasteiger partial charge in [-0.3, -0.25) is 4.79 Å². The van der Waals surface area contributed by atoms with Crippen molar-refractivity contribution in [2.75, 3.05) is 19.8 Å². The minimum absolute atomic E-state index is 0.246. The number of aliphatic hydroxyl groups excluding tert-OH is 8. The van der Waals surface area contributed by atoms with E-state index in [0.717, 1.165) is 70.6 Å². The summed E-state index contributed by atoms with van der Waals surface area (Å²) in [6.45, 7) is 2.69. The number of amides is 1. The van der Waals surface area contributed by atoms with Crippen LogP contribution < -0.4 is 5.32 Å². The second-order valence-electron chi connectivity index (χ2n) is 26.7. The van der Waals surface area contributed by atoms with E-state index in [1.807, 2.05) is 6.08 Å². The van der Waals surface area contributed by atoms with Crippen LogP contribution in [0.25, 0.3) is 0 Å². The summed E-state index contributed by atoms with van der Waals surface area (Å²) in [5.74, 6) is -0.246. The number of carbonyl (C=O) groups is 1. The number of unbranched alkanes of at least 4 members (excludes halogenated alkanes) is 36. The van der Waals surface area contributed by atoms with Gasteiger partial charge in [0, 0.05) is 6.42 Å². The van der Waals surface area contributed by atoms with E-state index in [0.29, 0.717) is 12.8 Å². The Labute approximate surface area is 573 Å². The first-order valence-electron chi connectivity index (χ1n) is 38.5. The van der Waals surface area contributed by atoms with Gasteiger partial charge in [0.25, 0.3) is 0 Å². The average molecular weight is 1330 g/mol. The Balaban J connectivity index is 1.58. The molecule has 14 nitrogen and oxygen atoms in total. The molecule has 0 saturated carbocycles. The van der Waals surface area contributed by atoms with Crippen LogP contribution in [0.5, 0.6) is 0 Å². The summed E-state index contributed by atoms with van der Waals surface area (Å²) in [5.41, 5.74) is 0. The van der Waals surface area contributed by atoms with Gasteiger partial charge in [0.2, 0.25) is 5.91 Å². The normalized spacial score (nSPS) is 23.0. The van der Waals surface area contributed by atoms with Crippen LogP contribution in [0.3, 0.4) is 0 Å². The average Bonchev–Trinajstić information content (AvgIpc) is 0.794. The lowest BCUT2D eigenvalue weighted by Crippen LogP contribution is -2.65. The van der Waals surface area contributed by atoms with Gasteiger partial charge in [0.15, 0.2) is 12.6 Å². The van der Waals surface area contributed by atoms with E-state index in [1.54, 1.807) is 6.08 Å². The van der Waals surface area contributed by atoms with Gasteiger partial charge in [0.05, 0.1) is 32.0 Å². The fourth-order valence-corrected chi connectivity index (χ4v) is 12.2. The third-order valence-electron chi connectivity index (χ3n) is 18.3. The highest BCUT2D eigenvalue weighted by atomic mass is 16.7. The lowest BCUT2D eigenvalue weighted by molar-refractivity contribution is -0.359. The topological polar surface area (TPSA) is 228 Å². The van der Waals surface area contributed by atoms with Crippen LogP contribution in [0, 0.1) is 0 Å². The van der Waals surface area contributed by atoms with Crippen LogP contribution in [0.2, 0.25) is 0 Å². The SMILES string of the molecule is CC/C=C\C/C=C\C/C=C\C/C=C\C/C=C\C/C=C\CCCCCCCCCCCCCCCCCCCCCCCCC(=O)NC(COC1OC(CO)C(OC2OC(CO)C(O)C(O)C2O)C(O)C1O)C(O)/C=C/CC/C=C/CCCCCCCCCCCCCCC. The van der Waals surface area contributed by atoms with Gasteiger partial charge < -0.3 is 65.1 Å². The zero-order valence-corrected chi connectivity index (χ0v) is 59.4. The van der Waals surface area contributed by atoms with Gasteiger partial charge in [-0.1, -0.05) is 317 Å². The summed E-state index contributed by atoms with van der Waals surface area (Å²) >= 11 is 0. The van der Waals surface area contributed by atoms with Gasteiger partial charge in [-0.2, -0.15) is 0 Å². The van der Waals surface area contributed by atoms with E-state index < -0.39 is 86.8 Å². The smallest absolute Gasteiger partial charge is 0.220 e. The first-order chi connectivity index (χ1) is 46.1. The number of carbonyl (C=O) groups excluding carboxylic acids is 1. The fourth-order valence-electron chi connectivity index (χ4n) is 12.2. The first kappa shape index (κ1) is 87.0. The molecular weight excluding hydrogens is 1180 g/mol. The van der Waals surface area contributed by atoms with Crippen LogP contribution in [0.4, 0.5) is 0 Å². The van der Waals surface area contributed by atoms with Gasteiger partial charge in [0.1, 0.15) is 48.8 Å². The Morgan fingerprint density at radius 1 is 0.394 bits per heavy atom. The second kappa shape index (κ2) is 63.4. The summed E-state index contributed by atoms with van der Waals surface area (Å²) < 4.78 is 22.9. The van der Waals surface area contributed by atoms with E-state index >= 15 is 0 Å². The number of ether oxygens (including phenoxy) is 4. The monoisotopic (exact) mass is 1320 g/mol. The molecule has 0 aliphatic carbocycles. The van der Waals surface area contributed by atoms with Crippen LogP contribution >= 0.6 is 0 Å². The van der Waals surface area contributed by atoms with Crippen molar-refractivity contribution in [3.63, 3.8) is 0 Å². The van der Waals surface area contributed by atoms with E-state index in [1.165, 1.54) is 205 Å². The molecule has 0 radical (unpaired) electrons. The minimum atomic E-state index is -1.79. The highest BCUT2D eigenvalue weighted by Crippen LogP contribution is 2.30. The largest absolute Gasteiger partial charge is 0.394 e. The summed E-state index contributed by atoms with van der Waals surface area (Å²) in [6.07, 6.45) is 73.5. The molecule has 9 N–H and O–H groups in total. The van der Waals surface area contributed by atoms with Crippen molar-refractivity contribution < 1.29 is 64.6 Å². The molecule has 0 spiro atoms. The maximum absolute atomic E-state index is 13.3. The van der Waals surface area contributed by atoms with Crippen molar-refractivity contribution in [1.29, 1.82) is 0 Å². The summed E-state index contributed by atoms with van der Waals surface area (Å²) in [4.78, 5) is 13.3. The summed E-state index contributed by atoms with van der Waals surface area (Å²) in [6, 6.07) is -0.935. The summed E-state index contributed by atoms with van der Waals surface area (Å²) in [5, 5.41) is 87.5. The first-order valence-corrected chi connectivity index (χ1v) is 38.5. The number of aliphatic hydroxyl groups is 8. The van der Waals surface area contributed by atoms with Crippen molar-refractivity contribution in [1.82, 2.24) is 5.32 Å². The second-order valence-corrected chi connectivity index (χ2v) is 26.7. The quantitative estimate of drug-likeness (QED) is 0.0204. The van der Waals surface area contributed by atoms with E-state index in [2.05, 4.69) is 104 Å². The number of rotatable bonds is 63. The summed E-state index contributed by atoms with van der Waals surface area (Å²) in [7, 11) is 0. The van der Waals surface area contributed by atoms with Gasteiger partial charge in [-0.05, 0) is 83.5 Å². The van der Waals surface area contributed by atoms with Crippen molar-refractivity contribution in [3.8, 4) is 0 Å². The number of hydrogen-bond acceptors (Lipinski definition) is 13. The van der Waals surface area contributed by atoms with Crippen LogP contribution in [-0.4, -0.2) is 140 Å². The minimum Gasteiger partial charge on any atom is -0.394 e. The molecule has 0 aromatic heterocycles. The zero-order chi connectivity index (χ0) is 68.0. The molecule has 2 rings (SSSR count). The Morgan fingerprint density at radius 3 is 1.17 bits per heavy atom. The maximum Gasteiger partial charge on any atom is 0.220 e. The van der Waals surface area contributed by atoms with Crippen LogP contribution in [0.15, 0.2) is 97.2 Å². The van der Waals surface area contributed by atoms with E-state index in [4.69, 9.17) is 18.9 Å². The van der Waals surface area contributed by atoms with Gasteiger partial charge in [-0.25, -0.2) is 0 Å². The van der Waals surface area contributed by atoms with Crippen molar-refractivity contribution in [2.24, 2.45) is 0 Å². The van der Waals surface area contributed by atoms with Crippen molar-refractivity contribution in [2.45, 2.75) is 383 Å². The molecule has 1 amide bonds. The molecule has 94 heavy (non-hydrogen) atoms. The Bertz CT molecular complexity index is 1950. The van der Waals surface area contributed by atoms with Crippen LogP contribution in [-0.2, 0) is 23.7 Å². The predicted octanol–water partition coefficient (Wildman–Crippen LogP) is 16.9. The molecule has 2 saturated heterocycles. The lowest BCUT2D eigenvalue weighted by Gasteiger charge is -2.46. The molecule has 12 unspecified atom stereocenters. The van der Waals surface area contributed by atoms with Gasteiger partial charge >= 0.3 is 0 Å². The Hall–Kier alpha value is -3.09. The molecule has 2 fully saturated rings. The Morgan fingerprint density at radius 2 is 0.745 bits per heavy atom. The highest BCUT2D eigenvalue weighted by Gasteiger charge is 2.51. The number of nitrogens with one attached hydrogen (secondary N) is 1. The maximum atomic E-state index is 13.3. The number of hydrogen-bond donors (Lipinski definition) is 9.